The van der Waals surface area contributed by atoms with Gasteiger partial charge in [0.25, 0.3) is 0 Å². The first-order valence-corrected chi connectivity index (χ1v) is 4.60. The molecule has 2 rings (SSSR count). The summed E-state index contributed by atoms with van der Waals surface area (Å²) in [7, 11) is 1.56. The van der Waals surface area contributed by atoms with Crippen molar-refractivity contribution in [3.8, 4) is 17.1 Å². The van der Waals surface area contributed by atoms with E-state index in [1.54, 1.807) is 19.2 Å². The highest BCUT2D eigenvalue weighted by atomic mass is 35.5. The first-order chi connectivity index (χ1) is 7.20. The zero-order chi connectivity index (χ0) is 10.8. The third-order valence-corrected chi connectivity index (χ3v) is 2.24. The van der Waals surface area contributed by atoms with Crippen molar-refractivity contribution in [1.82, 2.24) is 15.2 Å². The molecule has 2 aromatic rings. The first-order valence-electron chi connectivity index (χ1n) is 4.22. The average Bonchev–Trinajstić information content (AvgIpc) is 2.66. The number of rotatable bonds is 2. The van der Waals surface area contributed by atoms with Gasteiger partial charge in [-0.1, -0.05) is 11.6 Å². The van der Waals surface area contributed by atoms with Crippen molar-refractivity contribution in [1.29, 1.82) is 0 Å². The van der Waals surface area contributed by atoms with Crippen LogP contribution >= 0.6 is 11.6 Å². The second-order valence-corrected chi connectivity index (χ2v) is 3.30. The van der Waals surface area contributed by atoms with E-state index in [4.69, 9.17) is 22.1 Å². The Morgan fingerprint density at radius 1 is 1.47 bits per heavy atom. The molecular weight excluding hydrogens is 216 g/mol. The van der Waals surface area contributed by atoms with Crippen LogP contribution in [-0.2, 0) is 0 Å². The number of ether oxygens (including phenoxy) is 1. The normalized spacial score (nSPS) is 10.3. The molecule has 5 nitrogen and oxygen atoms in total. The van der Waals surface area contributed by atoms with Gasteiger partial charge in [0.2, 0.25) is 5.95 Å². The summed E-state index contributed by atoms with van der Waals surface area (Å²) in [5.41, 5.74) is 6.23. The third-order valence-electron chi connectivity index (χ3n) is 1.93. The largest absolute Gasteiger partial charge is 0.495 e. The van der Waals surface area contributed by atoms with Crippen LogP contribution in [0.5, 0.6) is 5.75 Å². The van der Waals surface area contributed by atoms with Gasteiger partial charge in [-0.05, 0) is 18.2 Å². The summed E-state index contributed by atoms with van der Waals surface area (Å²) in [4.78, 5) is 4.00. The molecule has 0 unspecified atom stereocenters. The summed E-state index contributed by atoms with van der Waals surface area (Å²) in [6.07, 6.45) is 0. The van der Waals surface area contributed by atoms with Crippen molar-refractivity contribution in [2.45, 2.75) is 0 Å². The summed E-state index contributed by atoms with van der Waals surface area (Å²) in [5.74, 6) is 1.38. The Balaban J connectivity index is 2.45. The Morgan fingerprint density at radius 2 is 2.27 bits per heavy atom. The second kappa shape index (κ2) is 3.78. The molecule has 3 N–H and O–H groups in total. The number of H-pyrrole nitrogens is 1. The lowest BCUT2D eigenvalue weighted by atomic mass is 10.2. The molecule has 1 aromatic carbocycles. The van der Waals surface area contributed by atoms with E-state index in [0.717, 1.165) is 5.56 Å². The lowest BCUT2D eigenvalue weighted by Gasteiger charge is -2.03. The van der Waals surface area contributed by atoms with E-state index >= 15 is 0 Å². The molecule has 0 bridgehead atoms. The van der Waals surface area contributed by atoms with Crippen molar-refractivity contribution in [2.24, 2.45) is 0 Å². The van der Waals surface area contributed by atoms with Crippen LogP contribution in [0.1, 0.15) is 0 Å². The molecular formula is C9H9ClN4O. The van der Waals surface area contributed by atoms with Gasteiger partial charge < -0.3 is 10.5 Å². The Hall–Kier alpha value is -1.75. The van der Waals surface area contributed by atoms with Crippen molar-refractivity contribution < 1.29 is 4.74 Å². The van der Waals surface area contributed by atoms with Crippen molar-refractivity contribution in [3.63, 3.8) is 0 Å². The minimum Gasteiger partial charge on any atom is -0.495 e. The highest BCUT2D eigenvalue weighted by Gasteiger charge is 2.07. The third kappa shape index (κ3) is 1.87. The fourth-order valence-electron chi connectivity index (χ4n) is 1.21. The monoisotopic (exact) mass is 224 g/mol. The molecule has 15 heavy (non-hydrogen) atoms. The number of aromatic amines is 1. The zero-order valence-electron chi connectivity index (χ0n) is 7.99. The highest BCUT2D eigenvalue weighted by molar-refractivity contribution is 6.32. The van der Waals surface area contributed by atoms with Gasteiger partial charge in [-0.2, -0.15) is 4.98 Å². The van der Waals surface area contributed by atoms with Gasteiger partial charge in [0.15, 0.2) is 5.82 Å². The van der Waals surface area contributed by atoms with Crippen LogP contribution < -0.4 is 10.5 Å². The Morgan fingerprint density at radius 3 is 2.87 bits per heavy atom. The molecule has 0 aliphatic carbocycles. The Kier molecular flexibility index (Phi) is 2.47. The van der Waals surface area contributed by atoms with Crippen molar-refractivity contribution in [2.75, 3.05) is 12.8 Å². The maximum absolute atomic E-state index is 5.89. The smallest absolute Gasteiger partial charge is 0.239 e. The number of nitrogen functional groups attached to an aromatic ring is 1. The number of nitrogens with one attached hydrogen (secondary N) is 1. The maximum Gasteiger partial charge on any atom is 0.239 e. The van der Waals surface area contributed by atoms with Gasteiger partial charge in [-0.15, -0.1) is 5.10 Å². The molecule has 0 atom stereocenters. The molecule has 0 spiro atoms. The van der Waals surface area contributed by atoms with Crippen LogP contribution in [0.2, 0.25) is 5.02 Å². The van der Waals surface area contributed by atoms with E-state index in [-0.39, 0.29) is 5.95 Å². The first kappa shape index (κ1) is 9.79. The summed E-state index contributed by atoms with van der Waals surface area (Å²) in [5, 5.41) is 7.00. The summed E-state index contributed by atoms with van der Waals surface area (Å²) >= 11 is 5.89. The molecule has 1 heterocycles. The second-order valence-electron chi connectivity index (χ2n) is 2.89. The van der Waals surface area contributed by atoms with Crippen molar-refractivity contribution >= 4 is 17.5 Å². The van der Waals surface area contributed by atoms with E-state index in [1.165, 1.54) is 0 Å². The topological polar surface area (TPSA) is 76.8 Å². The number of hydrogen-bond donors (Lipinski definition) is 2. The lowest BCUT2D eigenvalue weighted by molar-refractivity contribution is 0.415. The van der Waals surface area contributed by atoms with E-state index in [9.17, 15) is 0 Å². The number of nitrogens with zero attached hydrogens (tertiary/aromatic N) is 2. The molecule has 0 saturated heterocycles. The molecule has 0 saturated carbocycles. The minimum atomic E-state index is 0.207. The lowest BCUT2D eigenvalue weighted by Crippen LogP contribution is -1.87. The number of nitrogens with two attached hydrogens (primary N) is 1. The predicted octanol–water partition coefficient (Wildman–Crippen LogP) is 1.72. The molecule has 78 valence electrons. The summed E-state index contributed by atoms with van der Waals surface area (Å²) in [6.45, 7) is 0. The van der Waals surface area contributed by atoms with E-state index in [2.05, 4.69) is 15.2 Å². The molecule has 0 radical (unpaired) electrons. The average molecular weight is 225 g/mol. The van der Waals surface area contributed by atoms with Gasteiger partial charge in [-0.3, -0.25) is 5.10 Å². The molecule has 6 heteroatoms. The number of halogens is 1. The van der Waals surface area contributed by atoms with Gasteiger partial charge in [0.05, 0.1) is 12.1 Å². The minimum absolute atomic E-state index is 0.207. The van der Waals surface area contributed by atoms with E-state index in [1.807, 2.05) is 6.07 Å². The van der Waals surface area contributed by atoms with Crippen LogP contribution in [0.15, 0.2) is 18.2 Å². The van der Waals surface area contributed by atoms with Crippen LogP contribution in [0.25, 0.3) is 11.4 Å². The number of benzene rings is 1. The van der Waals surface area contributed by atoms with Crippen LogP contribution in [0.4, 0.5) is 5.95 Å². The molecule has 0 fully saturated rings. The fraction of sp³-hybridized carbons (Fsp3) is 0.111. The van der Waals surface area contributed by atoms with E-state index < -0.39 is 0 Å². The van der Waals surface area contributed by atoms with Gasteiger partial charge in [0.1, 0.15) is 5.75 Å². The predicted molar refractivity (Wildman–Crippen MR) is 57.8 cm³/mol. The van der Waals surface area contributed by atoms with Gasteiger partial charge >= 0.3 is 0 Å². The maximum atomic E-state index is 5.89. The quantitative estimate of drug-likeness (QED) is 0.814. The van der Waals surface area contributed by atoms with Crippen LogP contribution in [-0.4, -0.2) is 22.3 Å². The standard InChI is InChI=1S/C9H9ClN4O/c1-15-7-4-5(2-3-6(7)10)8-12-9(11)14-13-8/h2-4H,1H3,(H3,11,12,13,14). The molecule has 0 amide bonds. The SMILES string of the molecule is COc1cc(-c2nc(N)n[nH]2)ccc1Cl. The van der Waals surface area contributed by atoms with E-state index in [0.29, 0.717) is 16.6 Å². The number of aromatic nitrogens is 3. The highest BCUT2D eigenvalue weighted by Crippen LogP contribution is 2.28. The molecule has 0 aliphatic heterocycles. The fourth-order valence-corrected chi connectivity index (χ4v) is 1.41. The Bertz CT molecular complexity index is 483. The van der Waals surface area contributed by atoms with Crippen LogP contribution in [0.3, 0.4) is 0 Å². The summed E-state index contributed by atoms with van der Waals surface area (Å²) < 4.78 is 5.09. The number of hydrogen-bond acceptors (Lipinski definition) is 4. The van der Waals surface area contributed by atoms with Gasteiger partial charge in [-0.25, -0.2) is 0 Å². The van der Waals surface area contributed by atoms with Crippen molar-refractivity contribution in [3.05, 3.63) is 23.2 Å². The summed E-state index contributed by atoms with van der Waals surface area (Å²) in [6, 6.07) is 5.31. The Labute approximate surface area is 91.2 Å². The van der Waals surface area contributed by atoms with Crippen LogP contribution in [0, 0.1) is 0 Å². The zero-order valence-corrected chi connectivity index (χ0v) is 8.75. The number of anilines is 1. The van der Waals surface area contributed by atoms with Gasteiger partial charge in [0, 0.05) is 5.56 Å². The number of methoxy groups -OCH3 is 1. The molecule has 0 aliphatic rings. The molecule has 1 aromatic heterocycles.